The van der Waals surface area contributed by atoms with Crippen molar-refractivity contribution in [1.82, 2.24) is 36.1 Å². The van der Waals surface area contributed by atoms with E-state index in [0.29, 0.717) is 50.9 Å². The molecule has 4 aromatic rings. The number of hydrogen-bond acceptors (Lipinski definition) is 12. The summed E-state index contributed by atoms with van der Waals surface area (Å²) < 4.78 is 5.46. The molecule has 0 aliphatic carbocycles. The molecule has 0 saturated carbocycles. The number of aliphatic hydroxyl groups is 1. The van der Waals surface area contributed by atoms with Crippen LogP contribution in [0.2, 0.25) is 0 Å². The Morgan fingerprint density at radius 2 is 1.57 bits per heavy atom. The Morgan fingerprint density at radius 1 is 0.883 bits per heavy atom. The first-order valence-corrected chi connectivity index (χ1v) is 27.7. The number of amides is 7. The number of thiazole rings is 1. The maximum absolute atomic E-state index is 14.3. The zero-order valence-corrected chi connectivity index (χ0v) is 46.6. The van der Waals surface area contributed by atoms with E-state index in [0.717, 1.165) is 56.8 Å². The zero-order valence-electron chi connectivity index (χ0n) is 45.8. The summed E-state index contributed by atoms with van der Waals surface area (Å²) in [7, 11) is 1.93. The number of likely N-dealkylation sites (tertiary alicyclic amines) is 1. The number of unbranched alkanes of at least 4 members (excludes halogenated alkanes) is 1. The molecular formula is C58H77N9O9S. The summed E-state index contributed by atoms with van der Waals surface area (Å²) in [6, 6.07) is 17.8. The van der Waals surface area contributed by atoms with Crippen molar-refractivity contribution in [3.63, 3.8) is 0 Å². The largest absolute Gasteiger partial charge is 0.444 e. The third-order valence-electron chi connectivity index (χ3n) is 14.3. The number of β-amino-alcohol motifs (C(OH)–C–C–N with tert-alkyl or cyclic N) is 1. The minimum Gasteiger partial charge on any atom is -0.444 e. The zero-order chi connectivity index (χ0) is 55.8. The number of anilines is 1. The third-order valence-corrected chi connectivity index (χ3v) is 15.3. The molecule has 7 N–H and O–H groups in total. The number of benzene rings is 3. The normalized spacial score (nSPS) is 19.0. The summed E-state index contributed by atoms with van der Waals surface area (Å²) in [4.78, 5) is 105. The number of nitrogens with zero attached hydrogens (tertiary/aromatic N) is 4. The van der Waals surface area contributed by atoms with Gasteiger partial charge >= 0.3 is 6.09 Å². The van der Waals surface area contributed by atoms with Crippen molar-refractivity contribution in [3.8, 4) is 10.4 Å². The molecule has 3 aliphatic rings. The number of hydrogen-bond donors (Lipinski definition) is 6. The van der Waals surface area contributed by atoms with E-state index < -0.39 is 65.2 Å². The van der Waals surface area contributed by atoms with E-state index in [1.165, 1.54) is 9.80 Å². The van der Waals surface area contributed by atoms with Gasteiger partial charge in [0.2, 0.25) is 35.4 Å². The average Bonchev–Trinajstić information content (AvgIpc) is 4.17. The number of alkyl carbamates (subject to hydrolysis) is 1. The van der Waals surface area contributed by atoms with Gasteiger partial charge in [-0.15, -0.1) is 11.3 Å². The maximum atomic E-state index is 14.3. The highest BCUT2D eigenvalue weighted by atomic mass is 32.1. The Morgan fingerprint density at radius 3 is 2.23 bits per heavy atom. The van der Waals surface area contributed by atoms with Gasteiger partial charge in [0, 0.05) is 57.9 Å². The molecule has 77 heavy (non-hydrogen) atoms. The van der Waals surface area contributed by atoms with Crippen LogP contribution in [0.4, 0.5) is 10.5 Å². The van der Waals surface area contributed by atoms with Crippen LogP contribution in [-0.4, -0.2) is 123 Å². The molecule has 0 radical (unpaired) electrons. The number of para-hydroxylation sites is 1. The Balaban J connectivity index is 0.875. The fraction of sp³-hybridized carbons (Fsp3) is 0.517. The van der Waals surface area contributed by atoms with E-state index in [1.807, 2.05) is 94.9 Å². The Hall–Kier alpha value is -6.70. The molecule has 0 unspecified atom stereocenters. The maximum Gasteiger partial charge on any atom is 0.408 e. The molecule has 19 heteroatoms. The lowest BCUT2D eigenvalue weighted by atomic mass is 9.85. The quantitative estimate of drug-likeness (QED) is 0.0560. The lowest BCUT2D eigenvalue weighted by molar-refractivity contribution is -0.144. The van der Waals surface area contributed by atoms with Gasteiger partial charge in [0.25, 0.3) is 0 Å². The van der Waals surface area contributed by atoms with Crippen LogP contribution in [-0.2, 0) is 65.9 Å². The van der Waals surface area contributed by atoms with E-state index in [1.54, 1.807) is 32.1 Å². The first-order valence-electron chi connectivity index (χ1n) is 26.8. The van der Waals surface area contributed by atoms with Crippen molar-refractivity contribution in [2.45, 2.75) is 168 Å². The van der Waals surface area contributed by atoms with Crippen LogP contribution >= 0.6 is 11.3 Å². The highest BCUT2D eigenvalue weighted by Crippen LogP contribution is 2.39. The second kappa shape index (κ2) is 25.2. The lowest BCUT2D eigenvalue weighted by Gasteiger charge is -2.35. The fourth-order valence-corrected chi connectivity index (χ4v) is 11.3. The standard InChI is InChI=1S/C58H77N9O9S/c1-35-50(77-34-61-35)40-22-20-37(21-23-40)30-60-52(71)45-29-43(68)33-66(45)55(74)51(57(2,3)4)64-48(70)15-10-9-12-36-16-18-38(19-17-36)31-65(8)32-42(25-27-47(59)69)62-53(72)46-28-41-14-11-13-39-24-26-44(54(73)67(46)49(39)41)63-56(75)76-58(5,6)7/h11,13-14,16-23,34,42-46,51,68H,9-10,12,15,24-33H2,1-8H3,(H2,59,69)(H,60,71)(H,62,72)(H,63,75)(H,64,70)/t42-,43+,44-,45-,46-,51+/m0/s1. The summed E-state index contributed by atoms with van der Waals surface area (Å²) in [5.74, 6) is -2.26. The van der Waals surface area contributed by atoms with Crippen LogP contribution in [0.1, 0.15) is 120 Å². The Kier molecular flexibility index (Phi) is 19.0. The number of aryl methyl sites for hydroxylation is 3. The van der Waals surface area contributed by atoms with Gasteiger partial charge in [0.1, 0.15) is 29.8 Å². The third kappa shape index (κ3) is 15.5. The van der Waals surface area contributed by atoms with Crippen molar-refractivity contribution in [3.05, 3.63) is 106 Å². The molecule has 6 atom stereocenters. The molecule has 4 heterocycles. The van der Waals surface area contributed by atoms with E-state index in [4.69, 9.17) is 10.5 Å². The number of ether oxygens (including phenoxy) is 1. The molecule has 18 nitrogen and oxygen atoms in total. The molecular weight excluding hydrogens is 999 g/mol. The van der Waals surface area contributed by atoms with Crippen LogP contribution in [0.25, 0.3) is 10.4 Å². The Bertz CT molecular complexity index is 2770. The topological polar surface area (TPSA) is 246 Å². The number of aliphatic hydroxyl groups excluding tert-OH is 1. The van der Waals surface area contributed by atoms with E-state index in [2.05, 4.69) is 43.3 Å². The highest BCUT2D eigenvalue weighted by molar-refractivity contribution is 7.13. The predicted molar refractivity (Wildman–Crippen MR) is 295 cm³/mol. The lowest BCUT2D eigenvalue weighted by Crippen LogP contribution is -2.57. The minimum absolute atomic E-state index is 0.00635. The fourth-order valence-electron chi connectivity index (χ4n) is 10.4. The number of nitrogens with two attached hydrogens (primary N) is 1. The predicted octanol–water partition coefficient (Wildman–Crippen LogP) is 5.62. The highest BCUT2D eigenvalue weighted by Gasteiger charge is 2.46. The summed E-state index contributed by atoms with van der Waals surface area (Å²) in [6.45, 7) is 14.0. The van der Waals surface area contributed by atoms with E-state index in [9.17, 15) is 38.7 Å². The molecule has 1 aromatic heterocycles. The van der Waals surface area contributed by atoms with Gasteiger partial charge in [0.15, 0.2) is 0 Å². The molecule has 3 aliphatic heterocycles. The minimum atomic E-state index is -0.915. The van der Waals surface area contributed by atoms with Gasteiger partial charge in [-0.3, -0.25) is 33.7 Å². The van der Waals surface area contributed by atoms with Crippen LogP contribution in [0, 0.1) is 12.3 Å². The van der Waals surface area contributed by atoms with Gasteiger partial charge in [-0.1, -0.05) is 87.5 Å². The second-order valence-corrected chi connectivity index (χ2v) is 23.8. The summed E-state index contributed by atoms with van der Waals surface area (Å²) in [5.41, 5.74) is 13.5. The number of likely N-dealkylation sites (N-methyl/N-ethyl adjacent to an activating group) is 1. The van der Waals surface area contributed by atoms with Gasteiger partial charge in [0.05, 0.1) is 27.9 Å². The average molecular weight is 1080 g/mol. The van der Waals surface area contributed by atoms with Gasteiger partial charge in [-0.25, -0.2) is 9.78 Å². The molecule has 1 fully saturated rings. The van der Waals surface area contributed by atoms with Crippen molar-refractivity contribution < 1.29 is 43.4 Å². The number of primary amides is 1. The molecule has 3 aromatic carbocycles. The van der Waals surface area contributed by atoms with Gasteiger partial charge < -0.3 is 46.6 Å². The second-order valence-electron chi connectivity index (χ2n) is 23.0. The van der Waals surface area contributed by atoms with Crippen molar-refractivity contribution in [1.29, 1.82) is 0 Å². The number of nitrogens with one attached hydrogen (secondary N) is 4. The van der Waals surface area contributed by atoms with Crippen LogP contribution < -0.4 is 31.9 Å². The summed E-state index contributed by atoms with van der Waals surface area (Å²) in [6.07, 6.45) is 2.31. The molecule has 7 amide bonds. The van der Waals surface area contributed by atoms with Gasteiger partial charge in [-0.05, 0) is 112 Å². The first-order chi connectivity index (χ1) is 36.4. The monoisotopic (exact) mass is 1080 g/mol. The van der Waals surface area contributed by atoms with Gasteiger partial charge in [-0.2, -0.15) is 0 Å². The SMILES string of the molecule is Cc1ncsc1-c1ccc(CNC(=O)[C@@H]2C[C@@H](O)CN2C(=O)[C@@H](NC(=O)CCCCc2ccc(CN(C)C[C@H](CCC(N)=O)NC(=O)[C@@H]3Cc4cccc5c4N3C(=O)[C@@H](NC(=O)OC(C)(C)C)CC5)cc2)C(C)(C)C)cc1. The Labute approximate surface area is 456 Å². The molecule has 0 spiro atoms. The van der Waals surface area contributed by atoms with Crippen LogP contribution in [0.3, 0.4) is 0 Å². The van der Waals surface area contributed by atoms with E-state index >= 15 is 0 Å². The summed E-state index contributed by atoms with van der Waals surface area (Å²) >= 11 is 1.57. The first kappa shape index (κ1) is 58.0. The molecule has 7 rings (SSSR count). The molecule has 0 bridgehead atoms. The van der Waals surface area contributed by atoms with Crippen molar-refractivity contribution in [2.24, 2.45) is 11.1 Å². The van der Waals surface area contributed by atoms with E-state index in [-0.39, 0.29) is 56.0 Å². The number of carbonyl (C=O) groups excluding carboxylic acids is 7. The van der Waals surface area contributed by atoms with Crippen molar-refractivity contribution in [2.75, 3.05) is 25.0 Å². The molecule has 1 saturated heterocycles. The number of rotatable bonds is 21. The smallest absolute Gasteiger partial charge is 0.408 e. The molecule has 414 valence electrons. The van der Waals surface area contributed by atoms with Crippen LogP contribution in [0.15, 0.2) is 72.2 Å². The van der Waals surface area contributed by atoms with Crippen molar-refractivity contribution >= 4 is 58.6 Å². The number of aromatic nitrogens is 1. The number of carbonyl (C=O) groups is 7. The summed E-state index contributed by atoms with van der Waals surface area (Å²) in [5, 5.41) is 22.4. The van der Waals surface area contributed by atoms with Crippen LogP contribution in [0.5, 0.6) is 0 Å².